The minimum Gasteiger partial charge on any atom is -0.310 e. The Balaban J connectivity index is 1.80. The van der Waals surface area contributed by atoms with Crippen molar-refractivity contribution in [1.29, 1.82) is 0 Å². The number of halogens is 1. The third kappa shape index (κ3) is 3.69. The first-order valence-corrected chi connectivity index (χ1v) is 9.79. The summed E-state index contributed by atoms with van der Waals surface area (Å²) in [4.78, 5) is 0. The molecule has 0 saturated carbocycles. The third-order valence-electron chi connectivity index (χ3n) is 4.45. The number of thiophene rings is 1. The molecule has 0 radical (unpaired) electrons. The van der Waals surface area contributed by atoms with Crippen molar-refractivity contribution in [3.05, 3.63) is 55.3 Å². The fourth-order valence-electron chi connectivity index (χ4n) is 3.47. The number of aryl methyl sites for hydroxylation is 1. The van der Waals surface area contributed by atoms with Crippen LogP contribution in [-0.2, 0) is 6.42 Å². The summed E-state index contributed by atoms with van der Waals surface area (Å²) in [6.07, 6.45) is 5.15. The summed E-state index contributed by atoms with van der Waals surface area (Å²) in [6, 6.07) is 11.9. The number of nitrogens with one attached hydrogen (secondary N) is 1. The molecule has 21 heavy (non-hydrogen) atoms. The maximum atomic E-state index is 3.69. The van der Waals surface area contributed by atoms with Crippen molar-refractivity contribution < 1.29 is 0 Å². The molecule has 0 saturated heterocycles. The van der Waals surface area contributed by atoms with E-state index in [0.29, 0.717) is 12.0 Å². The molecular weight excluding hydrogens is 389 g/mol. The lowest BCUT2D eigenvalue weighted by molar-refractivity contribution is 0.426. The Morgan fingerprint density at radius 3 is 3.00 bits per heavy atom. The second kappa shape index (κ2) is 7.25. The van der Waals surface area contributed by atoms with Gasteiger partial charge in [0.2, 0.25) is 0 Å². The van der Waals surface area contributed by atoms with Crippen LogP contribution in [0.1, 0.15) is 54.8 Å². The smallest absolute Gasteiger partial charge is 0.0656 e. The molecule has 1 aromatic heterocycles. The van der Waals surface area contributed by atoms with E-state index in [-0.39, 0.29) is 0 Å². The van der Waals surface area contributed by atoms with Crippen LogP contribution in [0.25, 0.3) is 0 Å². The first-order valence-electron chi connectivity index (χ1n) is 7.83. The van der Waals surface area contributed by atoms with E-state index in [2.05, 4.69) is 70.5 Å². The van der Waals surface area contributed by atoms with Gasteiger partial charge in [0.25, 0.3) is 0 Å². The van der Waals surface area contributed by atoms with E-state index >= 15 is 0 Å². The van der Waals surface area contributed by atoms with E-state index in [9.17, 15) is 0 Å². The summed E-state index contributed by atoms with van der Waals surface area (Å²) in [7, 11) is 0. The monoisotopic (exact) mass is 411 g/mol. The molecule has 0 fully saturated rings. The Morgan fingerprint density at radius 2 is 2.24 bits per heavy atom. The molecule has 3 heteroatoms. The average molecular weight is 411 g/mol. The van der Waals surface area contributed by atoms with E-state index in [1.807, 2.05) is 11.3 Å². The summed E-state index contributed by atoms with van der Waals surface area (Å²) in [6.45, 7) is 3.24. The molecule has 1 heterocycles. The molecule has 2 atom stereocenters. The second-order valence-corrected chi connectivity index (χ2v) is 8.62. The summed E-state index contributed by atoms with van der Waals surface area (Å²) < 4.78 is 1.38. The fourth-order valence-corrected chi connectivity index (χ4v) is 4.90. The van der Waals surface area contributed by atoms with Crippen molar-refractivity contribution in [2.24, 2.45) is 0 Å². The van der Waals surface area contributed by atoms with Gasteiger partial charge >= 0.3 is 0 Å². The molecule has 1 N–H and O–H groups in total. The highest BCUT2D eigenvalue weighted by molar-refractivity contribution is 14.1. The van der Waals surface area contributed by atoms with Gasteiger partial charge in [0.05, 0.1) is 2.88 Å². The Kier molecular flexibility index (Phi) is 5.35. The number of rotatable bonds is 5. The number of fused-ring (bicyclic) bond motifs is 1. The van der Waals surface area contributed by atoms with Gasteiger partial charge in [-0.2, -0.15) is 0 Å². The maximum Gasteiger partial charge on any atom is 0.0656 e. The molecule has 1 nitrogen and oxygen atoms in total. The Hall–Kier alpha value is -0.390. The van der Waals surface area contributed by atoms with Gasteiger partial charge < -0.3 is 5.32 Å². The Bertz CT molecular complexity index is 592. The van der Waals surface area contributed by atoms with Crippen LogP contribution < -0.4 is 5.32 Å². The van der Waals surface area contributed by atoms with Crippen LogP contribution in [0.2, 0.25) is 0 Å². The summed E-state index contributed by atoms with van der Waals surface area (Å²) >= 11 is 4.28. The van der Waals surface area contributed by atoms with Crippen molar-refractivity contribution >= 4 is 33.9 Å². The van der Waals surface area contributed by atoms with Gasteiger partial charge in [-0.15, -0.1) is 11.3 Å². The quantitative estimate of drug-likeness (QED) is 0.640. The second-order valence-electron chi connectivity index (χ2n) is 5.82. The van der Waals surface area contributed by atoms with Crippen LogP contribution in [-0.4, -0.2) is 6.54 Å². The molecule has 3 rings (SSSR count). The van der Waals surface area contributed by atoms with E-state index in [4.69, 9.17) is 0 Å². The van der Waals surface area contributed by atoms with E-state index in [0.717, 1.165) is 6.54 Å². The lowest BCUT2D eigenvalue weighted by Crippen LogP contribution is -2.24. The van der Waals surface area contributed by atoms with Gasteiger partial charge in [-0.1, -0.05) is 31.2 Å². The molecule has 0 spiro atoms. The highest BCUT2D eigenvalue weighted by atomic mass is 127. The van der Waals surface area contributed by atoms with Crippen LogP contribution in [0, 0.1) is 2.88 Å². The van der Waals surface area contributed by atoms with Gasteiger partial charge in [-0.25, -0.2) is 0 Å². The van der Waals surface area contributed by atoms with Crippen LogP contribution in [0.4, 0.5) is 0 Å². The summed E-state index contributed by atoms with van der Waals surface area (Å²) in [5.41, 5.74) is 4.63. The van der Waals surface area contributed by atoms with Gasteiger partial charge in [0.15, 0.2) is 0 Å². The van der Waals surface area contributed by atoms with Crippen LogP contribution in [0.15, 0.2) is 35.7 Å². The van der Waals surface area contributed by atoms with Crippen molar-refractivity contribution in [3.8, 4) is 0 Å². The van der Waals surface area contributed by atoms with Crippen LogP contribution in [0.5, 0.6) is 0 Å². The first-order chi connectivity index (χ1) is 10.3. The highest BCUT2D eigenvalue weighted by Crippen LogP contribution is 2.38. The Labute approximate surface area is 145 Å². The third-order valence-corrected chi connectivity index (χ3v) is 6.26. The van der Waals surface area contributed by atoms with E-state index in [1.165, 1.54) is 34.1 Å². The molecule has 1 aliphatic rings. The molecule has 112 valence electrons. The maximum absolute atomic E-state index is 3.69. The van der Waals surface area contributed by atoms with Crippen molar-refractivity contribution in [3.63, 3.8) is 0 Å². The molecule has 2 unspecified atom stereocenters. The lowest BCUT2D eigenvalue weighted by atomic mass is 9.79. The number of hydrogen-bond donors (Lipinski definition) is 1. The standard InChI is InChI=1S/C18H22INS/c1-2-20-17(15-11-18(19)21-12-15)10-14-8-5-7-13-6-3-4-9-16(13)14/h3-4,6,9,11-12,14,17,20H,2,5,7-8,10H2,1H3. The Morgan fingerprint density at radius 1 is 1.38 bits per heavy atom. The largest absolute Gasteiger partial charge is 0.310 e. The van der Waals surface area contributed by atoms with Gasteiger partial charge in [-0.05, 0) is 88.9 Å². The number of benzene rings is 1. The molecule has 2 aromatic rings. The predicted octanol–water partition coefficient (Wildman–Crippen LogP) is 5.51. The molecule has 1 aliphatic carbocycles. The first kappa shape index (κ1) is 15.5. The molecule has 0 amide bonds. The highest BCUT2D eigenvalue weighted by Gasteiger charge is 2.24. The van der Waals surface area contributed by atoms with Gasteiger partial charge in [-0.3, -0.25) is 0 Å². The zero-order chi connectivity index (χ0) is 14.7. The fraction of sp³-hybridized carbons (Fsp3) is 0.444. The van der Waals surface area contributed by atoms with E-state index in [1.54, 1.807) is 11.1 Å². The SMILES string of the molecule is CCNC(CC1CCCc2ccccc21)c1csc(I)c1. The average Bonchev–Trinajstić information content (AvgIpc) is 2.94. The minimum atomic E-state index is 0.492. The lowest BCUT2D eigenvalue weighted by Gasteiger charge is -2.29. The predicted molar refractivity (Wildman–Crippen MR) is 100 cm³/mol. The topological polar surface area (TPSA) is 12.0 Å². The molecule has 0 bridgehead atoms. The molecule has 1 aromatic carbocycles. The van der Waals surface area contributed by atoms with E-state index < -0.39 is 0 Å². The van der Waals surface area contributed by atoms with Crippen molar-refractivity contribution in [1.82, 2.24) is 5.32 Å². The molecular formula is C18H22INS. The summed E-state index contributed by atoms with van der Waals surface area (Å²) in [5, 5.41) is 6.02. The van der Waals surface area contributed by atoms with Gasteiger partial charge in [0, 0.05) is 6.04 Å². The van der Waals surface area contributed by atoms with Crippen molar-refractivity contribution in [2.75, 3.05) is 6.54 Å². The molecule has 0 aliphatic heterocycles. The number of hydrogen-bond acceptors (Lipinski definition) is 2. The zero-order valence-electron chi connectivity index (χ0n) is 12.4. The van der Waals surface area contributed by atoms with Crippen LogP contribution in [0.3, 0.4) is 0 Å². The van der Waals surface area contributed by atoms with Crippen LogP contribution >= 0.6 is 33.9 Å². The van der Waals surface area contributed by atoms with Crippen molar-refractivity contribution in [2.45, 2.75) is 44.6 Å². The summed E-state index contributed by atoms with van der Waals surface area (Å²) in [5.74, 6) is 0.705. The van der Waals surface area contributed by atoms with Gasteiger partial charge in [0.1, 0.15) is 0 Å². The normalized spacial score (nSPS) is 19.2. The zero-order valence-corrected chi connectivity index (χ0v) is 15.4. The minimum absolute atomic E-state index is 0.492.